The Balaban J connectivity index is 2.30. The maximum absolute atomic E-state index is 11.2. The first kappa shape index (κ1) is 11.5. The first-order valence-corrected chi connectivity index (χ1v) is 5.28. The zero-order valence-electron chi connectivity index (χ0n) is 9.12. The number of carbonyl (C=O) groups is 1. The number of nitrogens with two attached hydrogens (primary N) is 1. The molecule has 0 radical (unpaired) electrons. The summed E-state index contributed by atoms with van der Waals surface area (Å²) in [6, 6.07) is 0.190. The SMILES string of the molecule is CNC(=O)CC(CN)N(C)CC1CC1. The van der Waals surface area contributed by atoms with Gasteiger partial charge in [0, 0.05) is 32.6 Å². The zero-order chi connectivity index (χ0) is 10.6. The van der Waals surface area contributed by atoms with Crippen molar-refractivity contribution in [3.63, 3.8) is 0 Å². The smallest absolute Gasteiger partial charge is 0.221 e. The fourth-order valence-electron chi connectivity index (χ4n) is 1.59. The van der Waals surface area contributed by atoms with Crippen LogP contribution in [-0.2, 0) is 4.79 Å². The van der Waals surface area contributed by atoms with Gasteiger partial charge in [-0.25, -0.2) is 0 Å². The molecule has 0 bridgehead atoms. The monoisotopic (exact) mass is 199 g/mol. The molecule has 1 aliphatic rings. The van der Waals surface area contributed by atoms with Gasteiger partial charge < -0.3 is 16.0 Å². The Kier molecular flexibility index (Phi) is 4.35. The van der Waals surface area contributed by atoms with E-state index in [4.69, 9.17) is 5.73 Å². The van der Waals surface area contributed by atoms with Crippen molar-refractivity contribution >= 4 is 5.91 Å². The molecule has 1 aliphatic carbocycles. The van der Waals surface area contributed by atoms with E-state index < -0.39 is 0 Å². The average Bonchev–Trinajstić information content (AvgIpc) is 2.97. The van der Waals surface area contributed by atoms with Crippen LogP contribution in [0.25, 0.3) is 0 Å². The van der Waals surface area contributed by atoms with Gasteiger partial charge in [-0.1, -0.05) is 0 Å². The summed E-state index contributed by atoms with van der Waals surface area (Å²) < 4.78 is 0. The summed E-state index contributed by atoms with van der Waals surface area (Å²) in [6.45, 7) is 1.63. The molecule has 1 unspecified atom stereocenters. The quantitative estimate of drug-likeness (QED) is 0.622. The number of nitrogens with one attached hydrogen (secondary N) is 1. The molecular formula is C10H21N3O. The second-order valence-electron chi connectivity index (χ2n) is 4.15. The molecule has 0 aromatic carbocycles. The van der Waals surface area contributed by atoms with Crippen molar-refractivity contribution in [3.8, 4) is 0 Å². The van der Waals surface area contributed by atoms with Crippen molar-refractivity contribution in [2.24, 2.45) is 11.7 Å². The Morgan fingerprint density at radius 3 is 2.71 bits per heavy atom. The molecule has 1 fully saturated rings. The maximum Gasteiger partial charge on any atom is 0.221 e. The molecule has 1 amide bonds. The predicted octanol–water partition coefficient (Wildman–Crippen LogP) is -0.208. The molecule has 82 valence electrons. The van der Waals surface area contributed by atoms with Gasteiger partial charge in [0.25, 0.3) is 0 Å². The van der Waals surface area contributed by atoms with Crippen LogP contribution in [0.1, 0.15) is 19.3 Å². The lowest BCUT2D eigenvalue weighted by atomic mass is 10.1. The van der Waals surface area contributed by atoms with Crippen LogP contribution in [0.15, 0.2) is 0 Å². The number of likely N-dealkylation sites (N-methyl/N-ethyl adjacent to an activating group) is 1. The highest BCUT2D eigenvalue weighted by Gasteiger charge is 2.26. The molecule has 4 heteroatoms. The van der Waals surface area contributed by atoms with E-state index in [1.54, 1.807) is 7.05 Å². The lowest BCUT2D eigenvalue weighted by Crippen LogP contribution is -2.42. The third-order valence-electron chi connectivity index (χ3n) is 2.84. The predicted molar refractivity (Wildman–Crippen MR) is 56.9 cm³/mol. The molecule has 14 heavy (non-hydrogen) atoms. The van der Waals surface area contributed by atoms with E-state index in [2.05, 4.69) is 17.3 Å². The maximum atomic E-state index is 11.2. The van der Waals surface area contributed by atoms with E-state index in [0.29, 0.717) is 13.0 Å². The van der Waals surface area contributed by atoms with Gasteiger partial charge in [-0.05, 0) is 25.8 Å². The number of hydrogen-bond donors (Lipinski definition) is 2. The summed E-state index contributed by atoms with van der Waals surface area (Å²) in [5.74, 6) is 0.918. The molecule has 0 aliphatic heterocycles. The van der Waals surface area contributed by atoms with E-state index in [1.807, 2.05) is 0 Å². The Labute approximate surface area is 85.8 Å². The van der Waals surface area contributed by atoms with E-state index in [1.165, 1.54) is 12.8 Å². The Bertz CT molecular complexity index is 192. The number of nitrogens with zero attached hydrogens (tertiary/aromatic N) is 1. The van der Waals surface area contributed by atoms with Crippen molar-refractivity contribution < 1.29 is 4.79 Å². The van der Waals surface area contributed by atoms with Crippen LogP contribution < -0.4 is 11.1 Å². The van der Waals surface area contributed by atoms with E-state index in [-0.39, 0.29) is 11.9 Å². The fraction of sp³-hybridized carbons (Fsp3) is 0.900. The molecular weight excluding hydrogens is 178 g/mol. The standard InChI is InChI=1S/C10H21N3O/c1-12-10(14)5-9(6-11)13(2)7-8-3-4-8/h8-9H,3-7,11H2,1-2H3,(H,12,14). The summed E-state index contributed by atoms with van der Waals surface area (Å²) in [6.07, 6.45) is 3.18. The largest absolute Gasteiger partial charge is 0.359 e. The lowest BCUT2D eigenvalue weighted by Gasteiger charge is -2.26. The van der Waals surface area contributed by atoms with Gasteiger partial charge >= 0.3 is 0 Å². The summed E-state index contributed by atoms with van der Waals surface area (Å²) in [5.41, 5.74) is 5.65. The normalized spacial score (nSPS) is 18.3. The van der Waals surface area contributed by atoms with Crippen LogP contribution in [-0.4, -0.2) is 44.0 Å². The van der Waals surface area contributed by atoms with E-state index in [0.717, 1.165) is 12.5 Å². The molecule has 3 N–H and O–H groups in total. The van der Waals surface area contributed by atoms with Gasteiger partial charge in [-0.15, -0.1) is 0 Å². The van der Waals surface area contributed by atoms with Crippen molar-refractivity contribution in [1.29, 1.82) is 0 Å². The van der Waals surface area contributed by atoms with Crippen molar-refractivity contribution in [3.05, 3.63) is 0 Å². The first-order valence-electron chi connectivity index (χ1n) is 5.28. The minimum atomic E-state index is 0.0723. The van der Waals surface area contributed by atoms with E-state index >= 15 is 0 Å². The van der Waals surface area contributed by atoms with E-state index in [9.17, 15) is 4.79 Å². The summed E-state index contributed by atoms with van der Waals surface area (Å²) in [7, 11) is 3.72. The van der Waals surface area contributed by atoms with Crippen LogP contribution in [0, 0.1) is 5.92 Å². The second kappa shape index (κ2) is 5.32. The molecule has 0 saturated heterocycles. The molecule has 0 aromatic rings. The average molecular weight is 199 g/mol. The second-order valence-corrected chi connectivity index (χ2v) is 4.15. The molecule has 0 spiro atoms. The number of rotatable bonds is 6. The lowest BCUT2D eigenvalue weighted by molar-refractivity contribution is -0.121. The molecule has 1 rings (SSSR count). The summed E-state index contributed by atoms with van der Waals surface area (Å²) >= 11 is 0. The van der Waals surface area contributed by atoms with Crippen molar-refractivity contribution in [2.75, 3.05) is 27.2 Å². The number of hydrogen-bond acceptors (Lipinski definition) is 3. The third kappa shape index (κ3) is 3.64. The molecule has 1 atom stereocenters. The summed E-state index contributed by atoms with van der Waals surface area (Å²) in [4.78, 5) is 13.4. The number of amides is 1. The van der Waals surface area contributed by atoms with Gasteiger partial charge in [-0.2, -0.15) is 0 Å². The Hall–Kier alpha value is -0.610. The molecule has 0 heterocycles. The highest BCUT2D eigenvalue weighted by atomic mass is 16.1. The highest BCUT2D eigenvalue weighted by Crippen LogP contribution is 2.29. The molecule has 0 aromatic heterocycles. The van der Waals surface area contributed by atoms with Gasteiger partial charge in [-0.3, -0.25) is 4.79 Å². The minimum Gasteiger partial charge on any atom is -0.359 e. The molecule has 1 saturated carbocycles. The number of carbonyl (C=O) groups excluding carboxylic acids is 1. The Morgan fingerprint density at radius 1 is 1.64 bits per heavy atom. The van der Waals surface area contributed by atoms with Crippen LogP contribution in [0.2, 0.25) is 0 Å². The molecule has 4 nitrogen and oxygen atoms in total. The van der Waals surface area contributed by atoms with Gasteiger partial charge in [0.2, 0.25) is 5.91 Å². The van der Waals surface area contributed by atoms with Gasteiger partial charge in [0.1, 0.15) is 0 Å². The highest BCUT2D eigenvalue weighted by molar-refractivity contribution is 5.76. The van der Waals surface area contributed by atoms with Gasteiger partial charge in [0.05, 0.1) is 0 Å². The van der Waals surface area contributed by atoms with Crippen LogP contribution in [0.5, 0.6) is 0 Å². The first-order chi connectivity index (χ1) is 6.67. The fourth-order valence-corrected chi connectivity index (χ4v) is 1.59. The van der Waals surface area contributed by atoms with Crippen LogP contribution in [0.3, 0.4) is 0 Å². The van der Waals surface area contributed by atoms with Crippen molar-refractivity contribution in [2.45, 2.75) is 25.3 Å². The van der Waals surface area contributed by atoms with Gasteiger partial charge in [0.15, 0.2) is 0 Å². The Morgan fingerprint density at radius 2 is 2.29 bits per heavy atom. The minimum absolute atomic E-state index is 0.0723. The van der Waals surface area contributed by atoms with Crippen molar-refractivity contribution in [1.82, 2.24) is 10.2 Å². The summed E-state index contributed by atoms with van der Waals surface area (Å²) in [5, 5.41) is 2.63. The topological polar surface area (TPSA) is 58.4 Å². The third-order valence-corrected chi connectivity index (χ3v) is 2.84. The zero-order valence-corrected chi connectivity index (χ0v) is 9.12. The van der Waals surface area contributed by atoms with Crippen LogP contribution >= 0.6 is 0 Å². The van der Waals surface area contributed by atoms with Crippen LogP contribution in [0.4, 0.5) is 0 Å².